The van der Waals surface area contributed by atoms with Crippen LogP contribution in [-0.2, 0) is 6.54 Å². The van der Waals surface area contributed by atoms with Crippen LogP contribution in [0.3, 0.4) is 0 Å². The summed E-state index contributed by atoms with van der Waals surface area (Å²) in [4.78, 5) is 11.1. The van der Waals surface area contributed by atoms with Crippen LogP contribution in [0.4, 0.5) is 0 Å². The molecular formula is C14H20BrN5. The molecule has 20 heavy (non-hydrogen) atoms. The van der Waals surface area contributed by atoms with Crippen LogP contribution in [0.15, 0.2) is 23.2 Å². The summed E-state index contributed by atoms with van der Waals surface area (Å²) in [5.74, 6) is 0. The van der Waals surface area contributed by atoms with Gasteiger partial charge in [-0.05, 0) is 35.3 Å². The van der Waals surface area contributed by atoms with Gasteiger partial charge in [0.2, 0.25) is 0 Å². The monoisotopic (exact) mass is 337 g/mol. The molecule has 0 aromatic carbocycles. The normalized spacial score (nSPS) is 15.3. The Labute approximate surface area is 127 Å². The number of rotatable bonds is 7. The van der Waals surface area contributed by atoms with E-state index in [-0.39, 0.29) is 0 Å². The van der Waals surface area contributed by atoms with E-state index in [0.29, 0.717) is 0 Å². The Hall–Kier alpha value is -0.980. The highest BCUT2D eigenvalue weighted by Crippen LogP contribution is 2.25. The summed E-state index contributed by atoms with van der Waals surface area (Å²) in [7, 11) is 0. The maximum Gasteiger partial charge on any atom is 0.155 e. The molecular weight excluding hydrogens is 318 g/mol. The van der Waals surface area contributed by atoms with Crippen LogP contribution < -0.4 is 5.32 Å². The van der Waals surface area contributed by atoms with Crippen molar-refractivity contribution in [1.29, 1.82) is 0 Å². The second-order valence-corrected chi connectivity index (χ2v) is 6.04. The Morgan fingerprint density at radius 3 is 3.00 bits per heavy atom. The number of hydrogen-bond donors (Lipinski definition) is 1. The molecule has 1 aliphatic carbocycles. The van der Waals surface area contributed by atoms with Gasteiger partial charge in [0.1, 0.15) is 4.60 Å². The highest BCUT2D eigenvalue weighted by molar-refractivity contribution is 9.10. The summed E-state index contributed by atoms with van der Waals surface area (Å²) in [6.07, 6.45) is 8.40. The Bertz CT molecular complexity index is 578. The summed E-state index contributed by atoms with van der Waals surface area (Å²) < 4.78 is 2.90. The van der Waals surface area contributed by atoms with Gasteiger partial charge in [-0.3, -0.25) is 9.30 Å². The minimum Gasteiger partial charge on any atom is -0.310 e. The Morgan fingerprint density at radius 1 is 1.40 bits per heavy atom. The van der Waals surface area contributed by atoms with Crippen molar-refractivity contribution in [2.45, 2.75) is 32.4 Å². The van der Waals surface area contributed by atoms with Crippen molar-refractivity contribution in [2.24, 2.45) is 0 Å². The molecule has 0 bridgehead atoms. The van der Waals surface area contributed by atoms with Gasteiger partial charge >= 0.3 is 0 Å². The van der Waals surface area contributed by atoms with Crippen LogP contribution in [0.5, 0.6) is 0 Å². The lowest BCUT2D eigenvalue weighted by Gasteiger charge is -2.19. The molecule has 0 radical (unpaired) electrons. The molecule has 6 heteroatoms. The van der Waals surface area contributed by atoms with E-state index in [1.165, 1.54) is 12.8 Å². The summed E-state index contributed by atoms with van der Waals surface area (Å²) in [6.45, 7) is 6.38. The predicted molar refractivity (Wildman–Crippen MR) is 82.7 cm³/mol. The fourth-order valence-corrected chi connectivity index (χ4v) is 2.83. The molecule has 5 nitrogen and oxygen atoms in total. The Morgan fingerprint density at radius 2 is 2.25 bits per heavy atom. The maximum atomic E-state index is 4.36. The van der Waals surface area contributed by atoms with E-state index in [0.717, 1.165) is 48.2 Å². The van der Waals surface area contributed by atoms with E-state index < -0.39 is 0 Å². The summed E-state index contributed by atoms with van der Waals surface area (Å²) in [6, 6.07) is 0.847. The molecule has 2 aromatic rings. The smallest absolute Gasteiger partial charge is 0.155 e. The zero-order valence-corrected chi connectivity index (χ0v) is 13.3. The van der Waals surface area contributed by atoms with Crippen molar-refractivity contribution in [3.63, 3.8) is 0 Å². The molecule has 0 amide bonds. The quantitative estimate of drug-likeness (QED) is 0.785. The molecule has 2 heterocycles. The molecule has 0 saturated heterocycles. The lowest BCUT2D eigenvalue weighted by Crippen LogP contribution is -2.33. The average molecular weight is 338 g/mol. The highest BCUT2D eigenvalue weighted by atomic mass is 79.9. The van der Waals surface area contributed by atoms with Crippen LogP contribution in [0.25, 0.3) is 5.65 Å². The van der Waals surface area contributed by atoms with Crippen molar-refractivity contribution in [2.75, 3.05) is 19.6 Å². The first-order chi connectivity index (χ1) is 9.78. The zero-order valence-electron chi connectivity index (χ0n) is 11.7. The van der Waals surface area contributed by atoms with Crippen molar-refractivity contribution >= 4 is 21.6 Å². The van der Waals surface area contributed by atoms with E-state index in [1.54, 1.807) is 6.20 Å². The molecule has 1 aliphatic rings. The fraction of sp³-hybridized carbons (Fsp3) is 0.571. The SMILES string of the molecule is CCN(CCNCc1cnc2cnc(Br)cn12)C1CC1. The van der Waals surface area contributed by atoms with Gasteiger partial charge in [0, 0.05) is 31.9 Å². The topological polar surface area (TPSA) is 45.5 Å². The van der Waals surface area contributed by atoms with Gasteiger partial charge in [-0.15, -0.1) is 0 Å². The minimum absolute atomic E-state index is 0.829. The number of nitrogens with one attached hydrogen (secondary N) is 1. The van der Waals surface area contributed by atoms with Gasteiger partial charge in [-0.25, -0.2) is 9.97 Å². The zero-order chi connectivity index (χ0) is 13.9. The first kappa shape index (κ1) is 14.0. The third-order valence-corrected chi connectivity index (χ3v) is 4.20. The number of imidazole rings is 1. The molecule has 0 aliphatic heterocycles. The first-order valence-electron chi connectivity index (χ1n) is 7.20. The third-order valence-electron chi connectivity index (χ3n) is 3.79. The molecule has 0 atom stereocenters. The van der Waals surface area contributed by atoms with Gasteiger partial charge in [0.15, 0.2) is 5.65 Å². The van der Waals surface area contributed by atoms with Crippen molar-refractivity contribution in [1.82, 2.24) is 24.6 Å². The van der Waals surface area contributed by atoms with Gasteiger partial charge in [-0.1, -0.05) is 6.92 Å². The summed E-state index contributed by atoms with van der Waals surface area (Å²) in [5.41, 5.74) is 2.05. The first-order valence-corrected chi connectivity index (χ1v) is 7.99. The Kier molecular flexibility index (Phi) is 4.33. The van der Waals surface area contributed by atoms with Gasteiger partial charge in [0.25, 0.3) is 0 Å². The van der Waals surface area contributed by atoms with E-state index in [4.69, 9.17) is 0 Å². The lowest BCUT2D eigenvalue weighted by molar-refractivity contribution is 0.276. The number of nitrogens with zero attached hydrogens (tertiary/aromatic N) is 4. The second kappa shape index (κ2) is 6.20. The largest absolute Gasteiger partial charge is 0.310 e. The number of likely N-dealkylation sites (N-methyl/N-ethyl adjacent to an activating group) is 1. The molecule has 108 valence electrons. The van der Waals surface area contributed by atoms with Crippen molar-refractivity contribution in [3.05, 3.63) is 28.9 Å². The van der Waals surface area contributed by atoms with Gasteiger partial charge in [-0.2, -0.15) is 0 Å². The van der Waals surface area contributed by atoms with E-state index in [2.05, 4.69) is 47.4 Å². The lowest BCUT2D eigenvalue weighted by atomic mass is 10.4. The number of halogens is 1. The molecule has 2 aromatic heterocycles. The molecule has 1 N–H and O–H groups in total. The van der Waals surface area contributed by atoms with Crippen LogP contribution in [0, 0.1) is 0 Å². The number of fused-ring (bicyclic) bond motifs is 1. The van der Waals surface area contributed by atoms with Gasteiger partial charge < -0.3 is 5.32 Å². The molecule has 0 unspecified atom stereocenters. The Balaban J connectivity index is 1.53. The number of hydrogen-bond acceptors (Lipinski definition) is 4. The van der Waals surface area contributed by atoms with Crippen molar-refractivity contribution < 1.29 is 0 Å². The number of aromatic nitrogens is 3. The van der Waals surface area contributed by atoms with E-state index >= 15 is 0 Å². The molecule has 1 saturated carbocycles. The molecule has 0 spiro atoms. The van der Waals surface area contributed by atoms with Crippen LogP contribution >= 0.6 is 15.9 Å². The summed E-state index contributed by atoms with van der Waals surface area (Å²) >= 11 is 3.40. The standard InChI is InChI=1S/C14H20BrN5/c1-2-19(11-3-4-11)6-5-16-7-12-8-18-14-9-17-13(15)10-20(12)14/h8-11,16H,2-7H2,1H3. The predicted octanol–water partition coefficient (Wildman–Crippen LogP) is 2.07. The van der Waals surface area contributed by atoms with Crippen molar-refractivity contribution in [3.8, 4) is 0 Å². The maximum absolute atomic E-state index is 4.36. The average Bonchev–Trinajstić information content (AvgIpc) is 3.21. The van der Waals surface area contributed by atoms with Gasteiger partial charge in [0.05, 0.1) is 18.1 Å². The van der Waals surface area contributed by atoms with E-state index in [1.807, 2.05) is 12.4 Å². The minimum atomic E-state index is 0.829. The highest BCUT2D eigenvalue weighted by Gasteiger charge is 2.26. The fourth-order valence-electron chi connectivity index (χ4n) is 2.52. The van der Waals surface area contributed by atoms with Crippen LogP contribution in [0.2, 0.25) is 0 Å². The summed E-state index contributed by atoms with van der Waals surface area (Å²) in [5, 5.41) is 3.51. The third kappa shape index (κ3) is 3.19. The van der Waals surface area contributed by atoms with Crippen LogP contribution in [-0.4, -0.2) is 44.9 Å². The molecule has 1 fully saturated rings. The van der Waals surface area contributed by atoms with Crippen LogP contribution in [0.1, 0.15) is 25.5 Å². The second-order valence-electron chi connectivity index (χ2n) is 5.22. The molecule has 3 rings (SSSR count). The van der Waals surface area contributed by atoms with E-state index in [9.17, 15) is 0 Å².